The number of amides is 1. The summed E-state index contributed by atoms with van der Waals surface area (Å²) < 4.78 is 0. The lowest BCUT2D eigenvalue weighted by molar-refractivity contribution is -0.120. The second kappa shape index (κ2) is 7.63. The van der Waals surface area contributed by atoms with Crippen LogP contribution in [-0.2, 0) is 11.3 Å². The molecule has 0 saturated heterocycles. The first kappa shape index (κ1) is 16.7. The van der Waals surface area contributed by atoms with Crippen LogP contribution in [0, 0.1) is 6.92 Å². The summed E-state index contributed by atoms with van der Waals surface area (Å²) in [6.07, 6.45) is 0. The van der Waals surface area contributed by atoms with Gasteiger partial charge in [-0.05, 0) is 25.3 Å². The number of thioether (sulfide) groups is 1. The summed E-state index contributed by atoms with van der Waals surface area (Å²) in [7, 11) is 0. The first-order valence-corrected chi connectivity index (χ1v) is 9.34. The molecule has 0 saturated carbocycles. The van der Waals surface area contributed by atoms with Crippen LogP contribution in [0.2, 0.25) is 0 Å². The number of aryl methyl sites for hydroxylation is 1. The van der Waals surface area contributed by atoms with E-state index < -0.39 is 0 Å². The van der Waals surface area contributed by atoms with Gasteiger partial charge in [0.15, 0.2) is 5.82 Å². The van der Waals surface area contributed by atoms with E-state index in [0.717, 1.165) is 10.4 Å². The number of nitrogens with zero attached hydrogens (tertiary/aromatic N) is 2. The molecule has 0 bridgehead atoms. The van der Waals surface area contributed by atoms with Gasteiger partial charge in [-0.3, -0.25) is 9.89 Å². The molecule has 0 spiro atoms. The van der Waals surface area contributed by atoms with Crippen LogP contribution in [0.4, 0.5) is 0 Å². The average Bonchev–Trinajstić information content (AvgIpc) is 3.25. The summed E-state index contributed by atoms with van der Waals surface area (Å²) in [4.78, 5) is 17.8. The van der Waals surface area contributed by atoms with Gasteiger partial charge >= 0.3 is 0 Å². The first-order chi connectivity index (χ1) is 11.6. The number of H-pyrrole nitrogens is 1. The highest BCUT2D eigenvalue weighted by Crippen LogP contribution is 2.23. The molecule has 0 aliphatic rings. The maximum Gasteiger partial charge on any atom is 0.233 e. The zero-order valence-corrected chi connectivity index (χ0v) is 15.1. The molecule has 124 valence electrons. The third-order valence-electron chi connectivity index (χ3n) is 3.46. The fourth-order valence-electron chi connectivity index (χ4n) is 2.08. The van der Waals surface area contributed by atoms with Crippen molar-refractivity contribution in [1.82, 2.24) is 20.5 Å². The molecule has 0 aliphatic carbocycles. The minimum absolute atomic E-state index is 0.0184. The number of benzene rings is 1. The zero-order valence-electron chi connectivity index (χ0n) is 13.4. The van der Waals surface area contributed by atoms with Crippen molar-refractivity contribution in [3.8, 4) is 11.4 Å². The van der Waals surface area contributed by atoms with Crippen molar-refractivity contribution in [2.75, 3.05) is 0 Å². The number of hydrogen-bond donors (Lipinski definition) is 2. The highest BCUT2D eigenvalue weighted by atomic mass is 32.2. The smallest absolute Gasteiger partial charge is 0.233 e. The number of rotatable bonds is 6. The maximum atomic E-state index is 12.2. The van der Waals surface area contributed by atoms with Crippen LogP contribution in [-0.4, -0.2) is 26.3 Å². The largest absolute Gasteiger partial charge is 0.350 e. The quantitative estimate of drug-likeness (QED) is 0.660. The summed E-state index contributed by atoms with van der Waals surface area (Å²) in [5, 5.41) is 12.4. The second-order valence-corrected chi connectivity index (χ2v) is 7.73. The Hall–Kier alpha value is -2.12. The molecule has 3 rings (SSSR count). The maximum absolute atomic E-state index is 12.2. The highest BCUT2D eigenvalue weighted by molar-refractivity contribution is 8.00. The summed E-state index contributed by atoms with van der Waals surface area (Å²) in [6.45, 7) is 4.46. The number of thiophene rings is 1. The second-order valence-electron chi connectivity index (χ2n) is 5.39. The molecular weight excluding hydrogens is 340 g/mol. The molecule has 1 atom stereocenters. The Labute approximate surface area is 148 Å². The lowest BCUT2D eigenvalue weighted by atomic mass is 10.1. The van der Waals surface area contributed by atoms with E-state index in [2.05, 4.69) is 20.5 Å². The number of aromatic amines is 1. The molecule has 3 aromatic rings. The first-order valence-electron chi connectivity index (χ1n) is 7.58. The van der Waals surface area contributed by atoms with Crippen molar-refractivity contribution in [1.29, 1.82) is 0 Å². The standard InChI is InChI=1S/C17H18N4OS2/c1-11-5-7-13(8-6-11)15-19-17(21-20-15)24-12(2)16(22)18-10-14-4-3-9-23-14/h3-9,12H,10H2,1-2H3,(H,18,22)(H,19,20,21). The van der Waals surface area contributed by atoms with E-state index in [1.54, 1.807) is 11.3 Å². The van der Waals surface area contributed by atoms with Crippen molar-refractivity contribution < 1.29 is 4.79 Å². The van der Waals surface area contributed by atoms with E-state index in [1.165, 1.54) is 17.3 Å². The van der Waals surface area contributed by atoms with Gasteiger partial charge in [0.05, 0.1) is 11.8 Å². The Morgan fingerprint density at radius 1 is 1.33 bits per heavy atom. The molecule has 2 heterocycles. The molecule has 0 fully saturated rings. The van der Waals surface area contributed by atoms with Gasteiger partial charge in [-0.1, -0.05) is 47.7 Å². The third kappa shape index (κ3) is 4.24. The van der Waals surface area contributed by atoms with E-state index in [1.807, 2.05) is 55.6 Å². The zero-order chi connectivity index (χ0) is 16.9. The van der Waals surface area contributed by atoms with Crippen molar-refractivity contribution >= 4 is 29.0 Å². The monoisotopic (exact) mass is 358 g/mol. The molecule has 1 amide bonds. The summed E-state index contributed by atoms with van der Waals surface area (Å²) in [5.41, 5.74) is 2.18. The Morgan fingerprint density at radius 2 is 2.12 bits per heavy atom. The molecule has 2 N–H and O–H groups in total. The minimum Gasteiger partial charge on any atom is -0.350 e. The molecule has 7 heteroatoms. The molecular formula is C17H18N4OS2. The Bertz CT molecular complexity index is 796. The third-order valence-corrected chi connectivity index (χ3v) is 5.30. The van der Waals surface area contributed by atoms with Crippen molar-refractivity contribution in [2.45, 2.75) is 30.8 Å². The number of hydrogen-bond acceptors (Lipinski definition) is 5. The highest BCUT2D eigenvalue weighted by Gasteiger charge is 2.17. The predicted molar refractivity (Wildman–Crippen MR) is 98.0 cm³/mol. The van der Waals surface area contributed by atoms with E-state index in [4.69, 9.17) is 0 Å². The molecule has 2 aromatic heterocycles. The van der Waals surface area contributed by atoms with Crippen LogP contribution < -0.4 is 5.32 Å². The average molecular weight is 358 g/mol. The van der Waals surface area contributed by atoms with Crippen LogP contribution in [0.3, 0.4) is 0 Å². The van der Waals surface area contributed by atoms with Crippen molar-refractivity contribution in [3.05, 3.63) is 52.2 Å². The SMILES string of the molecule is Cc1ccc(-c2nc(SC(C)C(=O)NCc3cccs3)n[nH]2)cc1. The van der Waals surface area contributed by atoms with E-state index in [-0.39, 0.29) is 11.2 Å². The normalized spacial score (nSPS) is 12.1. The van der Waals surface area contributed by atoms with Crippen LogP contribution in [0.5, 0.6) is 0 Å². The fraction of sp³-hybridized carbons (Fsp3) is 0.235. The van der Waals surface area contributed by atoms with Gasteiger partial charge < -0.3 is 5.32 Å². The summed E-state index contributed by atoms with van der Waals surface area (Å²) in [6, 6.07) is 12.1. The molecule has 1 aromatic carbocycles. The Balaban J connectivity index is 1.57. The van der Waals surface area contributed by atoms with Crippen LogP contribution in [0.1, 0.15) is 17.4 Å². The molecule has 5 nitrogen and oxygen atoms in total. The van der Waals surface area contributed by atoms with Gasteiger partial charge in [0, 0.05) is 10.4 Å². The van der Waals surface area contributed by atoms with Gasteiger partial charge in [0.25, 0.3) is 0 Å². The summed E-state index contributed by atoms with van der Waals surface area (Å²) >= 11 is 2.98. The van der Waals surface area contributed by atoms with Crippen molar-refractivity contribution in [3.63, 3.8) is 0 Å². The topological polar surface area (TPSA) is 70.7 Å². The van der Waals surface area contributed by atoms with Crippen molar-refractivity contribution in [2.24, 2.45) is 0 Å². The number of aromatic nitrogens is 3. The lowest BCUT2D eigenvalue weighted by Crippen LogP contribution is -2.30. The number of carbonyl (C=O) groups is 1. The molecule has 24 heavy (non-hydrogen) atoms. The Morgan fingerprint density at radius 3 is 2.83 bits per heavy atom. The Kier molecular flexibility index (Phi) is 5.32. The van der Waals surface area contributed by atoms with Gasteiger partial charge in [-0.25, -0.2) is 4.98 Å². The number of nitrogens with one attached hydrogen (secondary N) is 2. The summed E-state index contributed by atoms with van der Waals surface area (Å²) in [5.74, 6) is 0.693. The van der Waals surface area contributed by atoms with Gasteiger partial charge in [0.2, 0.25) is 11.1 Å². The van der Waals surface area contributed by atoms with Crippen LogP contribution in [0.15, 0.2) is 46.9 Å². The van der Waals surface area contributed by atoms with E-state index in [9.17, 15) is 4.79 Å². The molecule has 0 radical (unpaired) electrons. The van der Waals surface area contributed by atoms with E-state index in [0.29, 0.717) is 17.5 Å². The van der Waals surface area contributed by atoms with Crippen LogP contribution >= 0.6 is 23.1 Å². The predicted octanol–water partition coefficient (Wildman–Crippen LogP) is 3.64. The molecule has 1 unspecified atom stereocenters. The molecule has 0 aliphatic heterocycles. The van der Waals surface area contributed by atoms with Gasteiger partial charge in [-0.15, -0.1) is 16.4 Å². The lowest BCUT2D eigenvalue weighted by Gasteiger charge is -2.09. The van der Waals surface area contributed by atoms with Crippen LogP contribution in [0.25, 0.3) is 11.4 Å². The minimum atomic E-state index is -0.258. The van der Waals surface area contributed by atoms with Gasteiger partial charge in [0.1, 0.15) is 0 Å². The van der Waals surface area contributed by atoms with Gasteiger partial charge in [-0.2, -0.15) is 0 Å². The van der Waals surface area contributed by atoms with E-state index >= 15 is 0 Å². The fourth-order valence-corrected chi connectivity index (χ4v) is 3.48. The number of carbonyl (C=O) groups excluding carboxylic acids is 1.